The second kappa shape index (κ2) is 8.48. The maximum Gasteiger partial charge on any atom is 0.250 e. The van der Waals surface area contributed by atoms with Gasteiger partial charge in [-0.25, -0.2) is 0 Å². The number of aliphatic hydroxyl groups is 2. The molecule has 0 bridgehead atoms. The monoisotopic (exact) mass is 280 g/mol. The molecule has 0 aliphatic carbocycles. The van der Waals surface area contributed by atoms with Crippen molar-refractivity contribution in [1.29, 1.82) is 0 Å². The van der Waals surface area contributed by atoms with Gasteiger partial charge in [-0.1, -0.05) is 13.5 Å². The largest absolute Gasteiger partial charge is 1.00 e. The minimum atomic E-state index is -0.777. The molecule has 0 saturated carbocycles. The van der Waals surface area contributed by atoms with Crippen molar-refractivity contribution in [2.45, 2.75) is 32.5 Å². The molecule has 0 spiro atoms. The molecule has 0 heterocycles. The molecular formula is C12H25ClN2O3. The number of rotatable bonds is 7. The van der Waals surface area contributed by atoms with Crippen molar-refractivity contribution < 1.29 is 31.9 Å². The van der Waals surface area contributed by atoms with Gasteiger partial charge in [0.25, 0.3) is 5.91 Å². The number of carbonyl (C=O) groups excluding carboxylic acids is 1. The summed E-state index contributed by atoms with van der Waals surface area (Å²) >= 11 is 0. The zero-order valence-corrected chi connectivity index (χ0v) is 12.4. The van der Waals surface area contributed by atoms with Crippen LogP contribution < -0.4 is 17.7 Å². The van der Waals surface area contributed by atoms with Crippen LogP contribution in [0.2, 0.25) is 0 Å². The van der Waals surface area contributed by atoms with Gasteiger partial charge >= 0.3 is 0 Å². The van der Waals surface area contributed by atoms with Gasteiger partial charge in [-0.05, 0) is 6.92 Å². The number of nitrogens with zero attached hydrogens (tertiary/aromatic N) is 1. The predicted molar refractivity (Wildman–Crippen MR) is 67.1 cm³/mol. The third kappa shape index (κ3) is 6.35. The summed E-state index contributed by atoms with van der Waals surface area (Å²) in [7, 11) is 3.82. The first-order chi connectivity index (χ1) is 7.74. The lowest BCUT2D eigenvalue weighted by molar-refractivity contribution is -0.920. The van der Waals surface area contributed by atoms with E-state index < -0.39 is 6.10 Å². The van der Waals surface area contributed by atoms with Crippen LogP contribution in [0.3, 0.4) is 0 Å². The summed E-state index contributed by atoms with van der Waals surface area (Å²) in [5.41, 5.74) is 0.464. The second-order valence-corrected chi connectivity index (χ2v) is 4.98. The first-order valence-corrected chi connectivity index (χ1v) is 5.82. The van der Waals surface area contributed by atoms with Crippen LogP contribution in [-0.2, 0) is 4.79 Å². The molecule has 0 aliphatic heterocycles. The molecule has 3 N–H and O–H groups in total. The Morgan fingerprint density at radius 1 is 1.44 bits per heavy atom. The van der Waals surface area contributed by atoms with Crippen molar-refractivity contribution in [3.63, 3.8) is 0 Å². The molecule has 5 nitrogen and oxygen atoms in total. The van der Waals surface area contributed by atoms with Crippen LogP contribution >= 0.6 is 0 Å². The van der Waals surface area contributed by atoms with Crippen LogP contribution in [0.15, 0.2) is 12.2 Å². The zero-order chi connectivity index (χ0) is 13.6. The lowest BCUT2D eigenvalue weighted by atomic mass is 10.2. The Morgan fingerprint density at radius 2 is 1.94 bits per heavy atom. The van der Waals surface area contributed by atoms with Gasteiger partial charge in [0.05, 0.1) is 20.7 Å². The van der Waals surface area contributed by atoms with E-state index in [2.05, 4.69) is 11.9 Å². The highest BCUT2D eigenvalue weighted by atomic mass is 35.5. The molecule has 2 atom stereocenters. The summed E-state index contributed by atoms with van der Waals surface area (Å²) in [6.07, 6.45) is -0.148. The zero-order valence-electron chi connectivity index (χ0n) is 11.6. The first kappa shape index (κ1) is 19.7. The number of likely N-dealkylation sites (N-methyl/N-ethyl adjacent to an activating group) is 1. The van der Waals surface area contributed by atoms with Crippen LogP contribution in [0.4, 0.5) is 0 Å². The van der Waals surface area contributed by atoms with Crippen molar-refractivity contribution in [3.05, 3.63) is 12.2 Å². The van der Waals surface area contributed by atoms with E-state index in [4.69, 9.17) is 5.11 Å². The molecule has 0 aromatic rings. The molecule has 0 saturated heterocycles. The van der Waals surface area contributed by atoms with Crippen molar-refractivity contribution in [2.75, 3.05) is 27.2 Å². The number of aliphatic hydroxyl groups excluding tert-OH is 2. The summed E-state index contributed by atoms with van der Waals surface area (Å²) < 4.78 is 0.414. The molecule has 0 rings (SSSR count). The van der Waals surface area contributed by atoms with E-state index in [-0.39, 0.29) is 31.1 Å². The standard InChI is InChI=1S/C12H24N2O3.ClH/c1-6-11(13-12(17)9(2)3)14(4,5)7-10(16)8-15;/h10-11,15-16H,2,6-8H2,1,3-5H3;1H. The first-order valence-electron chi connectivity index (χ1n) is 5.82. The Kier molecular flexibility index (Phi) is 9.28. The lowest BCUT2D eigenvalue weighted by Gasteiger charge is -2.38. The maximum absolute atomic E-state index is 11.6. The van der Waals surface area contributed by atoms with E-state index in [1.54, 1.807) is 6.92 Å². The van der Waals surface area contributed by atoms with Gasteiger partial charge in [0.1, 0.15) is 12.6 Å². The third-order valence-corrected chi connectivity index (χ3v) is 2.81. The summed E-state index contributed by atoms with van der Waals surface area (Å²) in [6.45, 7) is 7.33. The van der Waals surface area contributed by atoms with E-state index in [1.807, 2.05) is 21.0 Å². The van der Waals surface area contributed by atoms with Gasteiger partial charge in [0.15, 0.2) is 6.17 Å². The van der Waals surface area contributed by atoms with Crippen LogP contribution in [0.25, 0.3) is 0 Å². The van der Waals surface area contributed by atoms with Crippen molar-refractivity contribution >= 4 is 5.91 Å². The SMILES string of the molecule is C=C(C)C(=O)NC(CC)[N+](C)(C)CC(O)CO.[Cl-]. The average molecular weight is 281 g/mol. The summed E-state index contributed by atoms with van der Waals surface area (Å²) in [5.74, 6) is -0.179. The Labute approximate surface area is 115 Å². The van der Waals surface area contributed by atoms with E-state index in [1.165, 1.54) is 0 Å². The van der Waals surface area contributed by atoms with E-state index >= 15 is 0 Å². The van der Waals surface area contributed by atoms with Crippen LogP contribution in [0, 0.1) is 0 Å². The average Bonchev–Trinajstić information content (AvgIpc) is 2.23. The Morgan fingerprint density at radius 3 is 2.28 bits per heavy atom. The molecule has 6 heteroatoms. The van der Waals surface area contributed by atoms with Gasteiger partial charge in [0.2, 0.25) is 0 Å². The smallest absolute Gasteiger partial charge is 0.250 e. The lowest BCUT2D eigenvalue weighted by Crippen LogP contribution is -3.00. The third-order valence-electron chi connectivity index (χ3n) is 2.81. The Bertz CT molecular complexity index is 282. The molecule has 108 valence electrons. The van der Waals surface area contributed by atoms with Crippen molar-refractivity contribution in [1.82, 2.24) is 5.32 Å². The van der Waals surface area contributed by atoms with Gasteiger partial charge in [-0.15, -0.1) is 0 Å². The Hall–Kier alpha value is -0.620. The highest BCUT2D eigenvalue weighted by Gasteiger charge is 2.30. The van der Waals surface area contributed by atoms with Gasteiger partial charge in [-0.3, -0.25) is 4.79 Å². The van der Waals surface area contributed by atoms with Gasteiger partial charge in [-0.2, -0.15) is 0 Å². The van der Waals surface area contributed by atoms with Crippen LogP contribution in [0.1, 0.15) is 20.3 Å². The van der Waals surface area contributed by atoms with Crippen LogP contribution in [-0.4, -0.2) is 60.1 Å². The van der Waals surface area contributed by atoms with Gasteiger partial charge in [0, 0.05) is 12.0 Å². The number of hydrogen-bond donors (Lipinski definition) is 3. The predicted octanol–water partition coefficient (Wildman–Crippen LogP) is -3.15. The van der Waals surface area contributed by atoms with Crippen molar-refractivity contribution in [3.8, 4) is 0 Å². The minimum absolute atomic E-state index is 0. The molecule has 2 unspecified atom stereocenters. The second-order valence-electron chi connectivity index (χ2n) is 4.98. The molecule has 0 aromatic carbocycles. The normalized spacial score (nSPS) is 14.3. The number of hydrogen-bond acceptors (Lipinski definition) is 3. The van der Waals surface area contributed by atoms with E-state index in [0.29, 0.717) is 16.6 Å². The quantitative estimate of drug-likeness (QED) is 0.262. The summed E-state index contributed by atoms with van der Waals surface area (Å²) in [4.78, 5) is 11.6. The number of carbonyl (C=O) groups is 1. The number of halogens is 1. The fraction of sp³-hybridized carbons (Fsp3) is 0.750. The summed E-state index contributed by atoms with van der Waals surface area (Å²) in [5, 5.41) is 21.2. The molecule has 1 amide bonds. The van der Waals surface area contributed by atoms with Crippen LogP contribution in [0.5, 0.6) is 0 Å². The maximum atomic E-state index is 11.6. The molecule has 0 aromatic heterocycles. The molecule has 18 heavy (non-hydrogen) atoms. The molecule has 0 fully saturated rings. The van der Waals surface area contributed by atoms with Gasteiger partial charge < -0.3 is 32.4 Å². The number of quaternary nitrogens is 1. The highest BCUT2D eigenvalue weighted by molar-refractivity contribution is 5.92. The number of nitrogens with one attached hydrogen (secondary N) is 1. The minimum Gasteiger partial charge on any atom is -1.00 e. The van der Waals surface area contributed by atoms with E-state index in [0.717, 1.165) is 6.42 Å². The molecule has 0 aliphatic rings. The Balaban J connectivity index is 0. The summed E-state index contributed by atoms with van der Waals surface area (Å²) in [6, 6.07) is 0. The number of amides is 1. The highest BCUT2D eigenvalue weighted by Crippen LogP contribution is 2.10. The van der Waals surface area contributed by atoms with Crippen molar-refractivity contribution in [2.24, 2.45) is 0 Å². The fourth-order valence-corrected chi connectivity index (χ4v) is 1.77. The fourth-order valence-electron chi connectivity index (χ4n) is 1.77. The van der Waals surface area contributed by atoms with E-state index in [9.17, 15) is 9.90 Å². The topological polar surface area (TPSA) is 69.6 Å². The molecular weight excluding hydrogens is 256 g/mol. The molecule has 0 radical (unpaired) electrons.